The van der Waals surface area contributed by atoms with Crippen molar-refractivity contribution >= 4 is 31.9 Å². The minimum Gasteiger partial charge on any atom is -0.479 e. The maximum absolute atomic E-state index is 11.1. The molecule has 4 N–H and O–H groups in total. The number of hydrogen-bond donors (Lipinski definition) is 2. The number of amides is 1. The first-order chi connectivity index (χ1) is 8.25. The predicted octanol–water partition coefficient (Wildman–Crippen LogP) is 0.739. The van der Waals surface area contributed by atoms with Crippen LogP contribution in [0.2, 0.25) is 0 Å². The number of carbonyl (C=O) groups is 1. The van der Waals surface area contributed by atoms with Gasteiger partial charge in [0.15, 0.2) is 6.10 Å². The van der Waals surface area contributed by atoms with E-state index in [2.05, 4.69) is 15.9 Å². The Labute approximate surface area is 113 Å². The van der Waals surface area contributed by atoms with Crippen LogP contribution in [0.15, 0.2) is 27.6 Å². The van der Waals surface area contributed by atoms with E-state index in [0.717, 1.165) is 0 Å². The zero-order valence-corrected chi connectivity index (χ0v) is 12.0. The molecule has 0 aliphatic carbocycles. The van der Waals surface area contributed by atoms with E-state index in [4.69, 9.17) is 15.6 Å². The summed E-state index contributed by atoms with van der Waals surface area (Å²) in [6.07, 6.45) is -0.347. The highest BCUT2D eigenvalue weighted by atomic mass is 79.9. The van der Waals surface area contributed by atoms with E-state index in [0.29, 0.717) is 16.6 Å². The van der Waals surface area contributed by atoms with Crippen molar-refractivity contribution < 1.29 is 17.9 Å². The van der Waals surface area contributed by atoms with Gasteiger partial charge in [0.25, 0.3) is 5.91 Å². The maximum Gasteiger partial charge on any atom is 0.258 e. The average molecular weight is 337 g/mol. The lowest BCUT2D eigenvalue weighted by atomic mass is 10.2. The first-order valence-electron chi connectivity index (χ1n) is 5.04. The van der Waals surface area contributed by atoms with Crippen molar-refractivity contribution in [1.82, 2.24) is 0 Å². The quantitative estimate of drug-likeness (QED) is 0.825. The van der Waals surface area contributed by atoms with Gasteiger partial charge < -0.3 is 10.5 Å². The van der Waals surface area contributed by atoms with Crippen molar-refractivity contribution in [2.24, 2.45) is 10.9 Å². The van der Waals surface area contributed by atoms with Gasteiger partial charge in [-0.05, 0) is 40.5 Å². The normalized spacial score (nSPS) is 13.1. The highest BCUT2D eigenvalue weighted by Gasteiger charge is 2.17. The molecule has 0 saturated heterocycles. The molecule has 1 unspecified atom stereocenters. The maximum atomic E-state index is 11.1. The van der Waals surface area contributed by atoms with Gasteiger partial charge in [0.1, 0.15) is 5.75 Å². The first-order valence-corrected chi connectivity index (χ1v) is 7.38. The SMILES string of the molecule is CCC(Oc1ccc(S(N)(=O)=O)cc1Br)C(N)=O. The van der Waals surface area contributed by atoms with Crippen LogP contribution in [0.4, 0.5) is 0 Å². The Hall–Kier alpha value is -1.12. The van der Waals surface area contributed by atoms with Crippen LogP contribution in [0, 0.1) is 0 Å². The molecule has 0 aliphatic heterocycles. The number of halogens is 1. The van der Waals surface area contributed by atoms with E-state index in [-0.39, 0.29) is 4.90 Å². The average Bonchev–Trinajstić information content (AvgIpc) is 2.25. The molecular formula is C10H13BrN2O4S. The fourth-order valence-electron chi connectivity index (χ4n) is 1.25. The van der Waals surface area contributed by atoms with Gasteiger partial charge in [0.05, 0.1) is 9.37 Å². The number of sulfonamides is 1. The highest BCUT2D eigenvalue weighted by molar-refractivity contribution is 9.10. The summed E-state index contributed by atoms with van der Waals surface area (Å²) >= 11 is 3.15. The third-order valence-corrected chi connectivity index (χ3v) is 3.72. The lowest BCUT2D eigenvalue weighted by Crippen LogP contribution is -2.33. The molecular weight excluding hydrogens is 324 g/mol. The third-order valence-electron chi connectivity index (χ3n) is 2.19. The molecule has 1 rings (SSSR count). The zero-order valence-electron chi connectivity index (χ0n) is 9.59. The Morgan fingerprint density at radius 3 is 2.50 bits per heavy atom. The first kappa shape index (κ1) is 14.9. The summed E-state index contributed by atoms with van der Waals surface area (Å²) in [5.74, 6) is -0.257. The van der Waals surface area contributed by atoms with Gasteiger partial charge in [-0.25, -0.2) is 13.6 Å². The fourth-order valence-corrected chi connectivity index (χ4v) is 2.41. The van der Waals surface area contributed by atoms with E-state index < -0.39 is 22.0 Å². The van der Waals surface area contributed by atoms with Gasteiger partial charge in [-0.3, -0.25) is 4.79 Å². The van der Waals surface area contributed by atoms with Crippen LogP contribution in [0.1, 0.15) is 13.3 Å². The Balaban J connectivity index is 3.03. The summed E-state index contributed by atoms with van der Waals surface area (Å²) in [6.45, 7) is 1.75. The Kier molecular flexibility index (Phi) is 4.71. The summed E-state index contributed by atoms with van der Waals surface area (Å²) in [7, 11) is -3.77. The summed E-state index contributed by atoms with van der Waals surface area (Å²) in [6, 6.07) is 4.01. The molecule has 0 aliphatic rings. The number of primary sulfonamides is 1. The van der Waals surface area contributed by atoms with Gasteiger partial charge in [-0.1, -0.05) is 6.92 Å². The summed E-state index contributed by atoms with van der Waals surface area (Å²) in [5, 5.41) is 4.99. The highest BCUT2D eigenvalue weighted by Crippen LogP contribution is 2.28. The minimum absolute atomic E-state index is 0.0474. The standard InChI is InChI=1S/C10H13BrN2O4S/c1-2-8(10(12)14)17-9-4-3-6(5-7(9)11)18(13,15)16/h3-5,8H,2H2,1H3,(H2,12,14)(H2,13,15,16). The Morgan fingerprint density at radius 2 is 2.11 bits per heavy atom. The van der Waals surface area contributed by atoms with Crippen molar-refractivity contribution in [1.29, 1.82) is 0 Å². The summed E-state index contributed by atoms with van der Waals surface area (Å²) < 4.78 is 28.0. The number of benzene rings is 1. The van der Waals surface area contributed by atoms with Crippen LogP contribution < -0.4 is 15.6 Å². The molecule has 1 aromatic carbocycles. The Bertz CT molecular complexity index is 559. The number of primary amides is 1. The smallest absolute Gasteiger partial charge is 0.258 e. The van der Waals surface area contributed by atoms with E-state index in [1.165, 1.54) is 18.2 Å². The molecule has 6 nitrogen and oxygen atoms in total. The molecule has 0 aromatic heterocycles. The molecule has 0 fully saturated rings. The molecule has 0 radical (unpaired) electrons. The van der Waals surface area contributed by atoms with Crippen molar-refractivity contribution in [3.05, 3.63) is 22.7 Å². The van der Waals surface area contributed by atoms with Crippen LogP contribution in [0.5, 0.6) is 5.75 Å². The molecule has 0 heterocycles. The van der Waals surface area contributed by atoms with Crippen LogP contribution in [0.25, 0.3) is 0 Å². The molecule has 1 atom stereocenters. The number of hydrogen-bond acceptors (Lipinski definition) is 4. The van der Waals surface area contributed by atoms with Crippen LogP contribution >= 0.6 is 15.9 Å². The van der Waals surface area contributed by atoms with E-state index in [9.17, 15) is 13.2 Å². The predicted molar refractivity (Wildman–Crippen MR) is 69.4 cm³/mol. The number of nitrogens with two attached hydrogens (primary N) is 2. The van der Waals surface area contributed by atoms with E-state index >= 15 is 0 Å². The molecule has 0 bridgehead atoms. The van der Waals surface area contributed by atoms with Gasteiger partial charge in [0.2, 0.25) is 10.0 Å². The van der Waals surface area contributed by atoms with Gasteiger partial charge in [-0.2, -0.15) is 0 Å². The summed E-state index contributed by atoms with van der Waals surface area (Å²) in [4.78, 5) is 11.0. The number of carbonyl (C=O) groups excluding carboxylic acids is 1. The topological polar surface area (TPSA) is 112 Å². The van der Waals surface area contributed by atoms with Crippen molar-refractivity contribution in [3.63, 3.8) is 0 Å². The second-order valence-corrected chi connectivity index (χ2v) is 5.97. The second-order valence-electron chi connectivity index (χ2n) is 3.55. The number of ether oxygens (including phenoxy) is 1. The number of rotatable bonds is 5. The van der Waals surface area contributed by atoms with Crippen molar-refractivity contribution in [2.75, 3.05) is 0 Å². The second kappa shape index (κ2) is 5.68. The minimum atomic E-state index is -3.77. The molecule has 100 valence electrons. The molecule has 0 spiro atoms. The fraction of sp³-hybridized carbons (Fsp3) is 0.300. The van der Waals surface area contributed by atoms with E-state index in [1.807, 2.05) is 0 Å². The Morgan fingerprint density at radius 1 is 1.50 bits per heavy atom. The lowest BCUT2D eigenvalue weighted by Gasteiger charge is -2.15. The summed E-state index contributed by atoms with van der Waals surface area (Å²) in [5.41, 5.74) is 5.15. The molecule has 0 saturated carbocycles. The third kappa shape index (κ3) is 3.69. The molecule has 8 heteroatoms. The largest absolute Gasteiger partial charge is 0.479 e. The van der Waals surface area contributed by atoms with E-state index in [1.54, 1.807) is 6.92 Å². The van der Waals surface area contributed by atoms with Crippen molar-refractivity contribution in [3.8, 4) is 5.75 Å². The van der Waals surface area contributed by atoms with Gasteiger partial charge >= 0.3 is 0 Å². The lowest BCUT2D eigenvalue weighted by molar-refractivity contribution is -0.124. The monoisotopic (exact) mass is 336 g/mol. The van der Waals surface area contributed by atoms with Gasteiger partial charge in [0, 0.05) is 0 Å². The van der Waals surface area contributed by atoms with Crippen LogP contribution in [0.3, 0.4) is 0 Å². The van der Waals surface area contributed by atoms with Crippen LogP contribution in [-0.2, 0) is 14.8 Å². The molecule has 1 aromatic rings. The van der Waals surface area contributed by atoms with Crippen molar-refractivity contribution in [2.45, 2.75) is 24.3 Å². The molecule has 18 heavy (non-hydrogen) atoms. The molecule has 1 amide bonds. The van der Waals surface area contributed by atoms with Crippen LogP contribution in [-0.4, -0.2) is 20.4 Å². The zero-order chi connectivity index (χ0) is 13.9. The van der Waals surface area contributed by atoms with Gasteiger partial charge in [-0.15, -0.1) is 0 Å².